The summed E-state index contributed by atoms with van der Waals surface area (Å²) in [6, 6.07) is 2.75. The lowest BCUT2D eigenvalue weighted by molar-refractivity contribution is 0.555. The zero-order chi connectivity index (χ0) is 6.97. The van der Waals surface area contributed by atoms with Crippen LogP contribution in [-0.4, -0.2) is 19.8 Å². The third-order valence-electron chi connectivity index (χ3n) is 1.13. The van der Waals surface area contributed by atoms with Crippen molar-refractivity contribution in [2.75, 3.05) is 0 Å². The summed E-state index contributed by atoms with van der Waals surface area (Å²) >= 11 is 0. The average molecular weight is 138 g/mol. The molecule has 0 aromatic carbocycles. The van der Waals surface area contributed by atoms with Gasteiger partial charge in [-0.1, -0.05) is 0 Å². The van der Waals surface area contributed by atoms with Gasteiger partial charge in [-0.15, -0.1) is 15.3 Å². The SMILES string of the molecule is Fc1ccc2nncn2n1. The van der Waals surface area contributed by atoms with Crippen LogP contribution in [0.4, 0.5) is 4.39 Å². The molecule has 10 heavy (non-hydrogen) atoms. The van der Waals surface area contributed by atoms with Gasteiger partial charge in [0.05, 0.1) is 0 Å². The van der Waals surface area contributed by atoms with Crippen LogP contribution in [0.2, 0.25) is 0 Å². The van der Waals surface area contributed by atoms with Gasteiger partial charge in [0.1, 0.15) is 6.33 Å². The quantitative estimate of drug-likeness (QED) is 0.524. The third-order valence-corrected chi connectivity index (χ3v) is 1.13. The molecule has 5 heteroatoms. The van der Waals surface area contributed by atoms with Crippen molar-refractivity contribution in [2.45, 2.75) is 0 Å². The minimum Gasteiger partial charge on any atom is -0.198 e. The van der Waals surface area contributed by atoms with E-state index in [-0.39, 0.29) is 0 Å². The average Bonchev–Trinajstić information content (AvgIpc) is 2.33. The Labute approximate surface area is 55.3 Å². The summed E-state index contributed by atoms with van der Waals surface area (Å²) < 4.78 is 13.6. The molecule has 0 aliphatic heterocycles. The van der Waals surface area contributed by atoms with E-state index in [9.17, 15) is 4.39 Å². The van der Waals surface area contributed by atoms with E-state index >= 15 is 0 Å². The van der Waals surface area contributed by atoms with E-state index in [1.165, 1.54) is 23.0 Å². The van der Waals surface area contributed by atoms with Gasteiger partial charge in [0.15, 0.2) is 5.65 Å². The van der Waals surface area contributed by atoms with E-state index in [0.29, 0.717) is 5.65 Å². The lowest BCUT2D eigenvalue weighted by atomic mass is 10.5. The Morgan fingerprint density at radius 3 is 3.20 bits per heavy atom. The zero-order valence-electron chi connectivity index (χ0n) is 4.90. The molecule has 0 unspecified atom stereocenters. The molecule has 0 saturated heterocycles. The lowest BCUT2D eigenvalue weighted by Gasteiger charge is -1.87. The van der Waals surface area contributed by atoms with Crippen molar-refractivity contribution in [3.63, 3.8) is 0 Å². The molecule has 0 fully saturated rings. The molecule has 0 atom stereocenters. The summed E-state index contributed by atoms with van der Waals surface area (Å²) in [6.07, 6.45) is 1.35. The Morgan fingerprint density at radius 1 is 1.40 bits per heavy atom. The van der Waals surface area contributed by atoms with Crippen molar-refractivity contribution in [2.24, 2.45) is 0 Å². The summed E-state index contributed by atoms with van der Waals surface area (Å²) in [7, 11) is 0. The molecular weight excluding hydrogens is 135 g/mol. The summed E-state index contributed by atoms with van der Waals surface area (Å²) in [6.45, 7) is 0. The van der Waals surface area contributed by atoms with Crippen LogP contribution in [0, 0.1) is 5.95 Å². The molecule has 0 radical (unpaired) electrons. The Morgan fingerprint density at radius 2 is 2.30 bits per heavy atom. The molecule has 4 nitrogen and oxygen atoms in total. The van der Waals surface area contributed by atoms with Crippen LogP contribution in [0.3, 0.4) is 0 Å². The standard InChI is InChI=1S/C5H3FN4/c6-4-1-2-5-8-7-3-10(5)9-4/h1-3H. The minimum atomic E-state index is -0.535. The van der Waals surface area contributed by atoms with E-state index < -0.39 is 5.95 Å². The first-order chi connectivity index (χ1) is 4.86. The van der Waals surface area contributed by atoms with E-state index in [1.807, 2.05) is 0 Å². The number of rotatable bonds is 0. The van der Waals surface area contributed by atoms with Crippen molar-refractivity contribution >= 4 is 5.65 Å². The van der Waals surface area contributed by atoms with Crippen LogP contribution < -0.4 is 0 Å². The Kier molecular flexibility index (Phi) is 0.913. The highest BCUT2D eigenvalue weighted by Crippen LogP contribution is 1.95. The van der Waals surface area contributed by atoms with Gasteiger partial charge in [-0.3, -0.25) is 0 Å². The summed E-state index contributed by atoms with van der Waals surface area (Å²) in [4.78, 5) is 0. The van der Waals surface area contributed by atoms with E-state index in [1.54, 1.807) is 0 Å². The van der Waals surface area contributed by atoms with E-state index in [0.717, 1.165) is 0 Å². The topological polar surface area (TPSA) is 43.1 Å². The highest BCUT2D eigenvalue weighted by atomic mass is 19.1. The van der Waals surface area contributed by atoms with Gasteiger partial charge < -0.3 is 0 Å². The van der Waals surface area contributed by atoms with Crippen molar-refractivity contribution in [3.05, 3.63) is 24.4 Å². The van der Waals surface area contributed by atoms with Crippen LogP contribution in [0.15, 0.2) is 18.5 Å². The molecule has 2 heterocycles. The second-order valence-corrected chi connectivity index (χ2v) is 1.79. The fourth-order valence-electron chi connectivity index (χ4n) is 0.705. The first-order valence-corrected chi connectivity index (χ1v) is 2.69. The highest BCUT2D eigenvalue weighted by Gasteiger charge is 1.95. The van der Waals surface area contributed by atoms with E-state index in [2.05, 4.69) is 15.3 Å². The fraction of sp³-hybridized carbons (Fsp3) is 0. The van der Waals surface area contributed by atoms with Gasteiger partial charge in [-0.25, -0.2) is 0 Å². The predicted octanol–water partition coefficient (Wildman–Crippen LogP) is 0.263. The number of nitrogens with zero attached hydrogens (tertiary/aromatic N) is 4. The van der Waals surface area contributed by atoms with Gasteiger partial charge in [-0.2, -0.15) is 8.91 Å². The van der Waals surface area contributed by atoms with Crippen LogP contribution >= 0.6 is 0 Å². The molecule has 2 aromatic rings. The van der Waals surface area contributed by atoms with Crippen LogP contribution in [0.25, 0.3) is 5.65 Å². The molecule has 2 aromatic heterocycles. The van der Waals surface area contributed by atoms with Crippen molar-refractivity contribution in [3.8, 4) is 0 Å². The minimum absolute atomic E-state index is 0.535. The summed E-state index contributed by atoms with van der Waals surface area (Å²) in [5, 5.41) is 10.6. The number of halogens is 1. The molecule has 0 aliphatic rings. The monoisotopic (exact) mass is 138 g/mol. The predicted molar refractivity (Wildman–Crippen MR) is 30.7 cm³/mol. The van der Waals surface area contributed by atoms with Crippen molar-refractivity contribution < 1.29 is 4.39 Å². The number of fused-ring (bicyclic) bond motifs is 1. The maximum absolute atomic E-state index is 12.3. The molecule has 0 bridgehead atoms. The maximum Gasteiger partial charge on any atom is 0.231 e. The first kappa shape index (κ1) is 5.28. The van der Waals surface area contributed by atoms with Crippen LogP contribution in [0.5, 0.6) is 0 Å². The molecule has 0 amide bonds. The molecule has 0 saturated carbocycles. The Bertz CT molecular complexity index is 355. The fourth-order valence-corrected chi connectivity index (χ4v) is 0.705. The van der Waals surface area contributed by atoms with Crippen molar-refractivity contribution in [1.29, 1.82) is 0 Å². The number of hydrogen-bond acceptors (Lipinski definition) is 3. The largest absolute Gasteiger partial charge is 0.231 e. The molecule has 50 valence electrons. The number of hydrogen-bond donors (Lipinski definition) is 0. The molecule has 0 N–H and O–H groups in total. The van der Waals surface area contributed by atoms with Crippen molar-refractivity contribution in [1.82, 2.24) is 19.8 Å². The first-order valence-electron chi connectivity index (χ1n) is 2.69. The second-order valence-electron chi connectivity index (χ2n) is 1.79. The van der Waals surface area contributed by atoms with Gasteiger partial charge in [0, 0.05) is 0 Å². The van der Waals surface area contributed by atoms with Gasteiger partial charge in [0.2, 0.25) is 5.95 Å². The van der Waals surface area contributed by atoms with Gasteiger partial charge in [-0.05, 0) is 12.1 Å². The van der Waals surface area contributed by atoms with Crippen LogP contribution in [-0.2, 0) is 0 Å². The Balaban J connectivity index is 2.86. The zero-order valence-corrected chi connectivity index (χ0v) is 4.90. The van der Waals surface area contributed by atoms with E-state index in [4.69, 9.17) is 0 Å². The molecular formula is C5H3FN4. The second kappa shape index (κ2) is 1.73. The lowest BCUT2D eigenvalue weighted by Crippen LogP contribution is -1.92. The smallest absolute Gasteiger partial charge is 0.198 e. The number of aromatic nitrogens is 4. The normalized spacial score (nSPS) is 10.5. The summed E-state index contributed by atoms with van der Waals surface area (Å²) in [5.41, 5.74) is 0.543. The van der Waals surface area contributed by atoms with Gasteiger partial charge in [0.25, 0.3) is 0 Å². The molecule has 2 rings (SSSR count). The third kappa shape index (κ3) is 0.637. The van der Waals surface area contributed by atoms with Gasteiger partial charge >= 0.3 is 0 Å². The Hall–Kier alpha value is -1.52. The maximum atomic E-state index is 12.3. The molecule has 0 spiro atoms. The van der Waals surface area contributed by atoms with Crippen LogP contribution in [0.1, 0.15) is 0 Å². The highest BCUT2D eigenvalue weighted by molar-refractivity contribution is 5.32. The summed E-state index contributed by atoms with van der Waals surface area (Å²) in [5.74, 6) is -0.535. The molecule has 0 aliphatic carbocycles.